The van der Waals surface area contributed by atoms with E-state index in [-0.39, 0.29) is 12.1 Å². The summed E-state index contributed by atoms with van der Waals surface area (Å²) in [5.74, 6) is -0.318. The summed E-state index contributed by atoms with van der Waals surface area (Å²) >= 11 is 3.17. The molecule has 0 N–H and O–H groups in total. The van der Waals surface area contributed by atoms with Gasteiger partial charge in [0.15, 0.2) is 0 Å². The standard InChI is InChI=1S/C15H15BrFNO3/c1-20-8-6-18(10-12-3-2-7-21-12)15(19)13-5-4-11(16)9-14(13)17/h2-5,7,9H,6,8,10H2,1H3. The molecule has 0 radical (unpaired) electrons. The number of hydrogen-bond donors (Lipinski definition) is 0. The lowest BCUT2D eigenvalue weighted by atomic mass is 10.2. The molecule has 1 amide bonds. The molecule has 0 aliphatic heterocycles. The van der Waals surface area contributed by atoms with Crippen LogP contribution in [0.1, 0.15) is 16.1 Å². The normalized spacial score (nSPS) is 10.6. The van der Waals surface area contributed by atoms with Crippen LogP contribution in [0.5, 0.6) is 0 Å². The largest absolute Gasteiger partial charge is 0.467 e. The first-order valence-electron chi connectivity index (χ1n) is 6.37. The molecular weight excluding hydrogens is 341 g/mol. The maximum Gasteiger partial charge on any atom is 0.257 e. The van der Waals surface area contributed by atoms with Gasteiger partial charge in [0.2, 0.25) is 0 Å². The molecule has 0 fully saturated rings. The topological polar surface area (TPSA) is 42.7 Å². The Morgan fingerprint density at radius 2 is 2.24 bits per heavy atom. The van der Waals surface area contributed by atoms with E-state index < -0.39 is 11.7 Å². The molecule has 0 aliphatic rings. The molecule has 0 saturated carbocycles. The summed E-state index contributed by atoms with van der Waals surface area (Å²) in [6.45, 7) is 0.987. The molecule has 1 heterocycles. The number of benzene rings is 1. The Morgan fingerprint density at radius 3 is 2.86 bits per heavy atom. The van der Waals surface area contributed by atoms with Crippen LogP contribution < -0.4 is 0 Å². The molecule has 1 aromatic heterocycles. The zero-order valence-corrected chi connectivity index (χ0v) is 13.1. The molecule has 0 unspecified atom stereocenters. The second-order valence-electron chi connectivity index (χ2n) is 4.42. The Morgan fingerprint density at radius 1 is 1.43 bits per heavy atom. The first-order chi connectivity index (χ1) is 10.1. The van der Waals surface area contributed by atoms with Crippen molar-refractivity contribution >= 4 is 21.8 Å². The fourth-order valence-electron chi connectivity index (χ4n) is 1.88. The van der Waals surface area contributed by atoms with Gasteiger partial charge in [-0.2, -0.15) is 0 Å². The Hall–Kier alpha value is -1.66. The maximum atomic E-state index is 13.9. The third kappa shape index (κ3) is 4.15. The van der Waals surface area contributed by atoms with Crippen molar-refractivity contribution in [1.29, 1.82) is 0 Å². The lowest BCUT2D eigenvalue weighted by Crippen LogP contribution is -2.33. The van der Waals surface area contributed by atoms with Crippen molar-refractivity contribution in [3.63, 3.8) is 0 Å². The van der Waals surface area contributed by atoms with Gasteiger partial charge in [-0.05, 0) is 30.3 Å². The van der Waals surface area contributed by atoms with Crippen LogP contribution in [0.25, 0.3) is 0 Å². The first kappa shape index (κ1) is 15.7. The highest BCUT2D eigenvalue weighted by Gasteiger charge is 2.20. The van der Waals surface area contributed by atoms with E-state index in [1.807, 2.05) is 0 Å². The van der Waals surface area contributed by atoms with Gasteiger partial charge in [-0.15, -0.1) is 0 Å². The zero-order chi connectivity index (χ0) is 15.2. The summed E-state index contributed by atoms with van der Waals surface area (Å²) in [5.41, 5.74) is 0.0286. The van der Waals surface area contributed by atoms with Gasteiger partial charge in [0.05, 0.1) is 25.0 Å². The van der Waals surface area contributed by atoms with E-state index >= 15 is 0 Å². The molecule has 0 spiro atoms. The predicted molar refractivity (Wildman–Crippen MR) is 79.4 cm³/mol. The average Bonchev–Trinajstić information content (AvgIpc) is 2.95. The van der Waals surface area contributed by atoms with Crippen LogP contribution in [0.15, 0.2) is 45.5 Å². The van der Waals surface area contributed by atoms with Crippen LogP contribution in [0, 0.1) is 5.82 Å². The number of nitrogens with zero attached hydrogens (tertiary/aromatic N) is 1. The molecule has 1 aromatic carbocycles. The van der Waals surface area contributed by atoms with Crippen LogP contribution in [-0.4, -0.2) is 31.1 Å². The van der Waals surface area contributed by atoms with Gasteiger partial charge in [-0.25, -0.2) is 4.39 Å². The molecule has 6 heteroatoms. The van der Waals surface area contributed by atoms with Crippen molar-refractivity contribution < 1.29 is 18.3 Å². The van der Waals surface area contributed by atoms with E-state index in [9.17, 15) is 9.18 Å². The summed E-state index contributed by atoms with van der Waals surface area (Å²) in [5, 5.41) is 0. The summed E-state index contributed by atoms with van der Waals surface area (Å²) < 4.78 is 24.8. The van der Waals surface area contributed by atoms with Gasteiger partial charge >= 0.3 is 0 Å². The number of halogens is 2. The SMILES string of the molecule is COCCN(Cc1ccco1)C(=O)c1ccc(Br)cc1F. The molecule has 21 heavy (non-hydrogen) atoms. The number of furan rings is 1. The number of carbonyl (C=O) groups is 1. The molecule has 2 aromatic rings. The molecule has 2 rings (SSSR count). The highest BCUT2D eigenvalue weighted by molar-refractivity contribution is 9.10. The summed E-state index contributed by atoms with van der Waals surface area (Å²) in [4.78, 5) is 14.0. The van der Waals surface area contributed by atoms with Gasteiger partial charge in [-0.1, -0.05) is 15.9 Å². The van der Waals surface area contributed by atoms with Crippen molar-refractivity contribution in [3.05, 3.63) is 58.2 Å². The van der Waals surface area contributed by atoms with Crippen molar-refractivity contribution in [3.8, 4) is 0 Å². The lowest BCUT2D eigenvalue weighted by Gasteiger charge is -2.21. The Balaban J connectivity index is 2.20. The van der Waals surface area contributed by atoms with Gasteiger partial charge in [0.25, 0.3) is 5.91 Å². The quantitative estimate of drug-likeness (QED) is 0.796. The number of methoxy groups -OCH3 is 1. The zero-order valence-electron chi connectivity index (χ0n) is 11.5. The van der Waals surface area contributed by atoms with Crippen LogP contribution >= 0.6 is 15.9 Å². The number of ether oxygens (including phenoxy) is 1. The maximum absolute atomic E-state index is 13.9. The van der Waals surface area contributed by atoms with Gasteiger partial charge in [0, 0.05) is 18.1 Å². The van der Waals surface area contributed by atoms with E-state index in [1.165, 1.54) is 23.3 Å². The molecule has 0 atom stereocenters. The van der Waals surface area contributed by atoms with Crippen molar-refractivity contribution in [2.24, 2.45) is 0 Å². The van der Waals surface area contributed by atoms with Crippen LogP contribution in [-0.2, 0) is 11.3 Å². The van der Waals surface area contributed by atoms with Gasteiger partial charge in [-0.3, -0.25) is 4.79 Å². The van der Waals surface area contributed by atoms with Crippen molar-refractivity contribution in [2.45, 2.75) is 6.54 Å². The molecule has 112 valence electrons. The van der Waals surface area contributed by atoms with E-state index in [0.717, 1.165) is 0 Å². The molecule has 0 aliphatic carbocycles. The molecular formula is C15H15BrFNO3. The fourth-order valence-corrected chi connectivity index (χ4v) is 2.21. The predicted octanol–water partition coefficient (Wildman–Crippen LogP) is 3.47. The van der Waals surface area contributed by atoms with Crippen molar-refractivity contribution in [1.82, 2.24) is 4.90 Å². The molecule has 0 saturated heterocycles. The van der Waals surface area contributed by atoms with E-state index in [0.29, 0.717) is 23.4 Å². The molecule has 0 bridgehead atoms. The van der Waals surface area contributed by atoms with Crippen LogP contribution in [0.3, 0.4) is 0 Å². The monoisotopic (exact) mass is 355 g/mol. The molecule has 4 nitrogen and oxygen atoms in total. The Bertz CT molecular complexity index is 601. The van der Waals surface area contributed by atoms with Gasteiger partial charge < -0.3 is 14.1 Å². The number of rotatable bonds is 6. The van der Waals surface area contributed by atoms with Crippen LogP contribution in [0.2, 0.25) is 0 Å². The Labute approximate surface area is 130 Å². The minimum Gasteiger partial charge on any atom is -0.467 e. The summed E-state index contributed by atoms with van der Waals surface area (Å²) in [6.07, 6.45) is 1.54. The Kier molecular flexibility index (Phi) is 5.52. The first-order valence-corrected chi connectivity index (χ1v) is 7.16. The highest BCUT2D eigenvalue weighted by atomic mass is 79.9. The average molecular weight is 356 g/mol. The smallest absolute Gasteiger partial charge is 0.257 e. The number of amides is 1. The van der Waals surface area contributed by atoms with Crippen molar-refractivity contribution in [2.75, 3.05) is 20.3 Å². The second kappa shape index (κ2) is 7.38. The minimum atomic E-state index is -0.559. The summed E-state index contributed by atoms with van der Waals surface area (Å²) in [7, 11) is 1.55. The third-order valence-corrected chi connectivity index (χ3v) is 3.43. The summed E-state index contributed by atoms with van der Waals surface area (Å²) in [6, 6.07) is 7.88. The van der Waals surface area contributed by atoms with E-state index in [2.05, 4.69) is 15.9 Å². The van der Waals surface area contributed by atoms with E-state index in [4.69, 9.17) is 9.15 Å². The number of hydrogen-bond acceptors (Lipinski definition) is 3. The minimum absolute atomic E-state index is 0.0286. The third-order valence-electron chi connectivity index (χ3n) is 2.94. The second-order valence-corrected chi connectivity index (χ2v) is 5.34. The van der Waals surface area contributed by atoms with E-state index in [1.54, 1.807) is 25.3 Å². The van der Waals surface area contributed by atoms with Crippen LogP contribution in [0.4, 0.5) is 4.39 Å². The van der Waals surface area contributed by atoms with Gasteiger partial charge in [0.1, 0.15) is 11.6 Å². The lowest BCUT2D eigenvalue weighted by molar-refractivity contribution is 0.0662. The fraction of sp³-hybridized carbons (Fsp3) is 0.267. The number of carbonyl (C=O) groups excluding carboxylic acids is 1. The highest BCUT2D eigenvalue weighted by Crippen LogP contribution is 2.18.